The van der Waals surface area contributed by atoms with Gasteiger partial charge in [-0.15, -0.1) is 0 Å². The van der Waals surface area contributed by atoms with Crippen LogP contribution in [0.15, 0.2) is 194 Å². The van der Waals surface area contributed by atoms with Crippen molar-refractivity contribution in [1.82, 2.24) is 0 Å². The molecular formula is C87H138O17P2. The number of aliphatic hydroxyl groups excluding tert-OH is 1. The summed E-state index contributed by atoms with van der Waals surface area (Å²) in [7, 11) is -10.0. The fourth-order valence-electron chi connectivity index (χ4n) is 9.60. The van der Waals surface area contributed by atoms with E-state index in [1.165, 1.54) is 19.3 Å². The third kappa shape index (κ3) is 76.1. The summed E-state index contributed by atoms with van der Waals surface area (Å²) in [6.45, 7) is 4.29. The first-order chi connectivity index (χ1) is 51.7. The van der Waals surface area contributed by atoms with E-state index in [2.05, 4.69) is 180 Å². The van der Waals surface area contributed by atoms with Crippen molar-refractivity contribution in [1.29, 1.82) is 0 Å². The highest BCUT2D eigenvalue weighted by molar-refractivity contribution is 7.47. The molecule has 19 heteroatoms. The highest BCUT2D eigenvalue weighted by Crippen LogP contribution is 2.45. The van der Waals surface area contributed by atoms with Gasteiger partial charge in [0.05, 0.1) is 32.8 Å². The summed E-state index contributed by atoms with van der Waals surface area (Å²) in [6, 6.07) is 0. The summed E-state index contributed by atoms with van der Waals surface area (Å²) in [5.74, 6) is -2.47. The summed E-state index contributed by atoms with van der Waals surface area (Å²) in [6.07, 6.45) is 94.6. The number of carbonyl (C=O) groups excluding carboxylic acids is 4. The molecule has 0 aromatic heterocycles. The van der Waals surface area contributed by atoms with Crippen LogP contribution in [0.3, 0.4) is 0 Å². The van der Waals surface area contributed by atoms with E-state index >= 15 is 0 Å². The van der Waals surface area contributed by atoms with Crippen LogP contribution in [-0.4, -0.2) is 96.7 Å². The van der Waals surface area contributed by atoms with Gasteiger partial charge in [0, 0.05) is 19.3 Å². The van der Waals surface area contributed by atoms with Crippen molar-refractivity contribution in [2.24, 2.45) is 0 Å². The molecule has 106 heavy (non-hydrogen) atoms. The Morgan fingerprint density at radius 1 is 0.283 bits per heavy atom. The highest BCUT2D eigenvalue weighted by atomic mass is 31.2. The maximum absolute atomic E-state index is 13.1. The molecule has 0 bridgehead atoms. The van der Waals surface area contributed by atoms with Crippen LogP contribution in [0.1, 0.15) is 272 Å². The predicted octanol–water partition coefficient (Wildman–Crippen LogP) is 23.3. The first-order valence-electron chi connectivity index (χ1n) is 39.7. The van der Waals surface area contributed by atoms with Crippen LogP contribution < -0.4 is 0 Å². The number of ether oxygens (including phenoxy) is 4. The summed E-state index contributed by atoms with van der Waals surface area (Å²) >= 11 is 0. The van der Waals surface area contributed by atoms with E-state index in [1.54, 1.807) is 12.2 Å². The molecule has 0 aliphatic rings. The van der Waals surface area contributed by atoms with Crippen molar-refractivity contribution in [3.05, 3.63) is 194 Å². The molecule has 0 radical (unpaired) electrons. The van der Waals surface area contributed by atoms with Crippen molar-refractivity contribution in [2.75, 3.05) is 39.6 Å². The lowest BCUT2D eigenvalue weighted by Crippen LogP contribution is -2.30. The summed E-state index contributed by atoms with van der Waals surface area (Å²) in [4.78, 5) is 72.9. The number of rotatable bonds is 72. The van der Waals surface area contributed by atoms with Crippen LogP contribution >= 0.6 is 15.6 Å². The van der Waals surface area contributed by atoms with Gasteiger partial charge in [-0.25, -0.2) is 9.13 Å². The van der Waals surface area contributed by atoms with E-state index in [0.29, 0.717) is 32.1 Å². The van der Waals surface area contributed by atoms with E-state index in [9.17, 15) is 43.2 Å². The van der Waals surface area contributed by atoms with Gasteiger partial charge < -0.3 is 33.8 Å². The standard InChI is InChI=1S/C87H138O17P2/c1-5-9-13-17-21-25-29-33-36-38-40-42-45-48-51-55-59-63-67-71-84(89)97-77-82(103-86(91)73-69-65-61-57-53-47-32-28-24-20-16-12-8-4)79-101-105(93,94)99-75-81(88)76-100-106(95,96)102-80-83(104-87(92)74-70-66-62-58-54-50-44-35-31-27-23-19-15-11-7-3)78-98-85(90)72-68-64-60-56-52-49-46-43-41-39-37-34-30-26-22-18-14-10-6-2/h9,11,13,15-16,20-23,25-28,32-37,40-44,48,51,54,58-59,63,66,70,81-83,88H,5-8,10,12,14,17-19,24,29-31,38-39,45-47,49-50,52-53,55-57,60-62,64-65,67-69,71-80H2,1-4H3,(H,93,94)(H,95,96)/b13-9-,15-11-,20-16-,25-21-,26-22-,27-23-,32-28-,36-33-,37-34-,42-40-,43-41-,44-35-,51-48-,58-54-,63-59-,70-66-. The van der Waals surface area contributed by atoms with E-state index in [1.807, 2.05) is 30.4 Å². The largest absolute Gasteiger partial charge is 0.472 e. The molecule has 5 unspecified atom stereocenters. The minimum absolute atomic E-state index is 0.0233. The Bertz CT molecular complexity index is 2780. The van der Waals surface area contributed by atoms with Crippen molar-refractivity contribution in [3.8, 4) is 0 Å². The van der Waals surface area contributed by atoms with E-state index in [0.717, 1.165) is 167 Å². The molecule has 0 aliphatic carbocycles. The Hall–Kier alpha value is -6.10. The number of allylic oxidation sites excluding steroid dienone is 31. The second-order valence-corrected chi connectivity index (χ2v) is 28.5. The van der Waals surface area contributed by atoms with E-state index in [-0.39, 0.29) is 25.7 Å². The number of phosphoric acid groups is 2. The van der Waals surface area contributed by atoms with Crippen LogP contribution in [0.5, 0.6) is 0 Å². The van der Waals surface area contributed by atoms with E-state index in [4.69, 9.17) is 37.0 Å². The molecule has 5 atom stereocenters. The summed E-state index contributed by atoms with van der Waals surface area (Å²) in [5.41, 5.74) is 0. The molecule has 0 rings (SSSR count). The Labute approximate surface area is 640 Å². The molecule has 0 aromatic rings. The molecule has 0 heterocycles. The van der Waals surface area contributed by atoms with Gasteiger partial charge in [-0.2, -0.15) is 0 Å². The molecule has 0 saturated heterocycles. The third-order valence-electron chi connectivity index (χ3n) is 15.6. The molecule has 0 aliphatic heterocycles. The number of unbranched alkanes of at least 4 members (excludes halogenated alkanes) is 15. The second kappa shape index (κ2) is 77.1. The fraction of sp³-hybridized carbons (Fsp3) is 0.586. The summed E-state index contributed by atoms with van der Waals surface area (Å²) in [5, 5.41) is 10.6. The van der Waals surface area contributed by atoms with Gasteiger partial charge in [0.2, 0.25) is 0 Å². The van der Waals surface area contributed by atoms with Gasteiger partial charge in [-0.05, 0) is 154 Å². The average molecular weight is 1520 g/mol. The van der Waals surface area contributed by atoms with E-state index < -0.39 is 97.5 Å². The smallest absolute Gasteiger partial charge is 0.462 e. The molecule has 17 nitrogen and oxygen atoms in total. The van der Waals surface area contributed by atoms with Crippen molar-refractivity contribution in [2.45, 2.75) is 290 Å². The van der Waals surface area contributed by atoms with Gasteiger partial charge in [-0.1, -0.05) is 286 Å². The average Bonchev–Trinajstić information content (AvgIpc) is 0.901. The van der Waals surface area contributed by atoms with Gasteiger partial charge >= 0.3 is 39.5 Å². The topological polar surface area (TPSA) is 237 Å². The Morgan fingerprint density at radius 2 is 0.566 bits per heavy atom. The van der Waals surface area contributed by atoms with Crippen LogP contribution in [-0.2, 0) is 65.4 Å². The zero-order chi connectivity index (χ0) is 77.4. The van der Waals surface area contributed by atoms with Gasteiger partial charge in [0.25, 0.3) is 0 Å². The zero-order valence-electron chi connectivity index (χ0n) is 65.3. The maximum atomic E-state index is 13.1. The van der Waals surface area contributed by atoms with Crippen LogP contribution in [0, 0.1) is 0 Å². The zero-order valence-corrected chi connectivity index (χ0v) is 67.1. The highest BCUT2D eigenvalue weighted by Gasteiger charge is 2.30. The third-order valence-corrected chi connectivity index (χ3v) is 17.5. The molecule has 0 spiro atoms. The maximum Gasteiger partial charge on any atom is 0.472 e. The number of esters is 4. The number of phosphoric ester groups is 2. The number of carbonyl (C=O) groups is 4. The first kappa shape index (κ1) is 99.9. The number of hydrogen-bond acceptors (Lipinski definition) is 15. The first-order valence-corrected chi connectivity index (χ1v) is 42.7. The van der Waals surface area contributed by atoms with Crippen LogP contribution in [0.25, 0.3) is 0 Å². The molecule has 3 N–H and O–H groups in total. The number of hydrogen-bond donors (Lipinski definition) is 3. The summed E-state index contributed by atoms with van der Waals surface area (Å²) < 4.78 is 68.3. The van der Waals surface area contributed by atoms with Crippen LogP contribution in [0.4, 0.5) is 0 Å². The van der Waals surface area contributed by atoms with Crippen molar-refractivity contribution >= 4 is 39.5 Å². The Kier molecular flexibility index (Phi) is 72.6. The fourth-order valence-corrected chi connectivity index (χ4v) is 11.2. The molecule has 0 fully saturated rings. The normalized spacial score (nSPS) is 14.9. The van der Waals surface area contributed by atoms with Crippen molar-refractivity contribution < 1.29 is 80.2 Å². The molecule has 0 aromatic carbocycles. The monoisotopic (exact) mass is 1520 g/mol. The Morgan fingerprint density at radius 3 is 0.934 bits per heavy atom. The quantitative estimate of drug-likeness (QED) is 0.0169. The lowest BCUT2D eigenvalue weighted by Gasteiger charge is -2.21. The SMILES string of the molecule is CC/C=C\C/C=C\C/C=C\C/C=C\C/C=C\C/C=C\CCC(=O)OCC(COP(=O)(O)OCC(O)COP(=O)(O)OCC(COC(=O)CCCCCCCC/C=C\C/C=C\C/C=C\CCCCC)OC(=O)C/C=C\C/C=C\C/C=C\C/C=C\C/C=C\CC)OC(=O)CCCCCCC/C=C\C/C=C\CCC. The lowest BCUT2D eigenvalue weighted by molar-refractivity contribution is -0.161. The molecule has 0 saturated carbocycles. The minimum Gasteiger partial charge on any atom is -0.462 e. The predicted molar refractivity (Wildman–Crippen MR) is 436 cm³/mol. The second-order valence-electron chi connectivity index (χ2n) is 25.5. The Balaban J connectivity index is 5.51. The van der Waals surface area contributed by atoms with Gasteiger partial charge in [-0.3, -0.25) is 37.3 Å². The molecule has 0 amide bonds. The number of aliphatic hydroxyl groups is 1. The minimum atomic E-state index is -5.02. The lowest BCUT2D eigenvalue weighted by atomic mass is 10.1. The van der Waals surface area contributed by atoms with Crippen LogP contribution in [0.2, 0.25) is 0 Å². The molecule has 598 valence electrons. The van der Waals surface area contributed by atoms with Gasteiger partial charge in [0.1, 0.15) is 19.3 Å². The van der Waals surface area contributed by atoms with Crippen molar-refractivity contribution in [3.63, 3.8) is 0 Å². The van der Waals surface area contributed by atoms with Gasteiger partial charge in [0.15, 0.2) is 12.2 Å². The molecular weight excluding hydrogens is 1380 g/mol.